The van der Waals surface area contributed by atoms with E-state index in [-0.39, 0.29) is 41.9 Å². The van der Waals surface area contributed by atoms with E-state index in [1.54, 1.807) is 7.11 Å². The van der Waals surface area contributed by atoms with Gasteiger partial charge < -0.3 is 20.3 Å². The van der Waals surface area contributed by atoms with E-state index in [1.165, 1.54) is 6.33 Å². The number of hydrogen-bond donors (Lipinski definition) is 2. The lowest BCUT2D eigenvalue weighted by atomic mass is 9.78. The first-order valence-corrected chi connectivity index (χ1v) is 11.5. The summed E-state index contributed by atoms with van der Waals surface area (Å²) in [6.07, 6.45) is -0.638. The second-order valence-electron chi connectivity index (χ2n) is 9.34. The minimum absolute atomic E-state index is 0.00656. The van der Waals surface area contributed by atoms with Gasteiger partial charge >= 0.3 is 6.18 Å². The highest BCUT2D eigenvalue weighted by Gasteiger charge is 2.41. The number of aromatic nitrogens is 2. The van der Waals surface area contributed by atoms with Crippen LogP contribution in [0.1, 0.15) is 46.0 Å². The van der Waals surface area contributed by atoms with E-state index in [0.717, 1.165) is 19.5 Å². The molecule has 2 aliphatic rings. The zero-order valence-electron chi connectivity index (χ0n) is 19.1. The van der Waals surface area contributed by atoms with Crippen molar-refractivity contribution < 1.29 is 22.3 Å². The highest BCUT2D eigenvalue weighted by atomic mass is 19.4. The Bertz CT molecular complexity index is 742. The topological polar surface area (TPSA) is 62.3 Å². The summed E-state index contributed by atoms with van der Waals surface area (Å²) >= 11 is 0. The highest BCUT2D eigenvalue weighted by Crippen LogP contribution is 2.40. The number of anilines is 2. The normalized spacial score (nSPS) is 29.0. The van der Waals surface area contributed by atoms with Gasteiger partial charge in [-0.05, 0) is 51.5 Å². The van der Waals surface area contributed by atoms with Crippen LogP contribution in [0.2, 0.25) is 0 Å². The molecular weight excluding hydrogens is 426 g/mol. The van der Waals surface area contributed by atoms with Gasteiger partial charge in [-0.1, -0.05) is 6.92 Å². The van der Waals surface area contributed by atoms with Crippen molar-refractivity contribution >= 4 is 11.6 Å². The van der Waals surface area contributed by atoms with Crippen molar-refractivity contribution in [2.45, 2.75) is 58.2 Å². The Hall–Kier alpha value is -1.68. The second kappa shape index (κ2) is 10.5. The molecule has 10 heteroatoms. The molecular formula is C22H35F4N5O. The van der Waals surface area contributed by atoms with Crippen molar-refractivity contribution in [1.29, 1.82) is 0 Å². The number of halogens is 4. The molecule has 2 atom stereocenters. The Labute approximate surface area is 187 Å². The summed E-state index contributed by atoms with van der Waals surface area (Å²) in [5.74, 6) is -1.31. The van der Waals surface area contributed by atoms with Crippen LogP contribution in [0.25, 0.3) is 0 Å². The molecule has 3 rings (SSSR count). The van der Waals surface area contributed by atoms with Gasteiger partial charge in [-0.2, -0.15) is 17.6 Å². The van der Waals surface area contributed by atoms with Gasteiger partial charge in [0.2, 0.25) is 5.82 Å². The van der Waals surface area contributed by atoms with Gasteiger partial charge in [0, 0.05) is 38.7 Å². The molecule has 1 aliphatic heterocycles. The van der Waals surface area contributed by atoms with Crippen molar-refractivity contribution in [3.05, 3.63) is 12.1 Å². The van der Waals surface area contributed by atoms with E-state index >= 15 is 4.39 Å². The number of piperidine rings is 1. The maximum Gasteiger partial charge on any atom is 0.391 e. The summed E-state index contributed by atoms with van der Waals surface area (Å²) in [5.41, 5.74) is -0.168. The van der Waals surface area contributed by atoms with Gasteiger partial charge in [0.05, 0.1) is 12.0 Å². The van der Waals surface area contributed by atoms with Crippen LogP contribution >= 0.6 is 0 Å². The Kier molecular flexibility index (Phi) is 8.19. The molecule has 0 unspecified atom stereocenters. The van der Waals surface area contributed by atoms with E-state index in [9.17, 15) is 13.2 Å². The van der Waals surface area contributed by atoms with Crippen LogP contribution < -0.4 is 15.5 Å². The zero-order chi connectivity index (χ0) is 23.4. The molecule has 1 aliphatic carbocycles. The first kappa shape index (κ1) is 25.0. The minimum atomic E-state index is -4.12. The fraction of sp³-hybridized carbons (Fsp3) is 0.818. The maximum atomic E-state index is 15.3. The quantitative estimate of drug-likeness (QED) is 0.565. The monoisotopic (exact) mass is 461 g/mol. The molecule has 0 spiro atoms. The number of methoxy groups -OCH3 is 1. The molecule has 0 amide bonds. The molecule has 1 saturated heterocycles. The van der Waals surface area contributed by atoms with Gasteiger partial charge in [-0.3, -0.25) is 0 Å². The number of hydrogen-bond acceptors (Lipinski definition) is 6. The predicted molar refractivity (Wildman–Crippen MR) is 116 cm³/mol. The molecule has 2 fully saturated rings. The molecule has 2 N–H and O–H groups in total. The lowest BCUT2D eigenvalue weighted by molar-refractivity contribution is -0.183. The van der Waals surface area contributed by atoms with Gasteiger partial charge in [0.1, 0.15) is 6.33 Å². The Morgan fingerprint density at radius 2 is 1.97 bits per heavy atom. The first-order chi connectivity index (χ1) is 15.2. The molecule has 1 aromatic rings. The van der Waals surface area contributed by atoms with E-state index in [4.69, 9.17) is 4.74 Å². The predicted octanol–water partition coefficient (Wildman–Crippen LogP) is 4.24. The Balaban J connectivity index is 1.64. The molecule has 2 heterocycles. The molecule has 6 nitrogen and oxygen atoms in total. The lowest BCUT2D eigenvalue weighted by Gasteiger charge is -2.41. The summed E-state index contributed by atoms with van der Waals surface area (Å²) in [7, 11) is 1.68. The van der Waals surface area contributed by atoms with Gasteiger partial charge in [-0.15, -0.1) is 0 Å². The van der Waals surface area contributed by atoms with Crippen LogP contribution in [0.5, 0.6) is 0 Å². The second-order valence-corrected chi connectivity index (χ2v) is 9.34. The largest absolute Gasteiger partial charge is 0.391 e. The lowest BCUT2D eigenvalue weighted by Crippen LogP contribution is -2.51. The summed E-state index contributed by atoms with van der Waals surface area (Å²) < 4.78 is 59.8. The van der Waals surface area contributed by atoms with Crippen LogP contribution in [-0.2, 0) is 4.74 Å². The third kappa shape index (κ3) is 5.81. The fourth-order valence-corrected chi connectivity index (χ4v) is 4.92. The summed E-state index contributed by atoms with van der Waals surface area (Å²) in [6.45, 7) is 7.14. The van der Waals surface area contributed by atoms with Crippen LogP contribution in [0, 0.1) is 23.1 Å². The number of nitrogens with zero attached hydrogens (tertiary/aromatic N) is 3. The number of rotatable bonds is 8. The maximum absolute atomic E-state index is 15.3. The Morgan fingerprint density at radius 1 is 1.25 bits per heavy atom. The van der Waals surface area contributed by atoms with E-state index in [0.29, 0.717) is 32.5 Å². The third-order valence-corrected chi connectivity index (χ3v) is 7.16. The van der Waals surface area contributed by atoms with Crippen molar-refractivity contribution in [1.82, 2.24) is 15.3 Å². The molecule has 1 saturated carbocycles. The average molecular weight is 462 g/mol. The summed E-state index contributed by atoms with van der Waals surface area (Å²) in [6, 6.07) is 0. The van der Waals surface area contributed by atoms with Crippen molar-refractivity contribution in [2.24, 2.45) is 17.3 Å². The number of ether oxygens (including phenoxy) is 1. The molecule has 32 heavy (non-hydrogen) atoms. The smallest absolute Gasteiger partial charge is 0.379 e. The zero-order valence-corrected chi connectivity index (χ0v) is 19.1. The molecule has 0 radical (unpaired) electrons. The third-order valence-electron chi connectivity index (χ3n) is 7.16. The Morgan fingerprint density at radius 3 is 2.59 bits per heavy atom. The van der Waals surface area contributed by atoms with E-state index < -0.39 is 17.9 Å². The fourth-order valence-electron chi connectivity index (χ4n) is 4.92. The molecule has 0 bridgehead atoms. The highest BCUT2D eigenvalue weighted by molar-refractivity contribution is 5.51. The van der Waals surface area contributed by atoms with Crippen molar-refractivity contribution in [3.8, 4) is 0 Å². The number of nitrogens with one attached hydrogen (secondary N) is 2. The summed E-state index contributed by atoms with van der Waals surface area (Å²) in [5, 5.41) is 6.46. The van der Waals surface area contributed by atoms with Gasteiger partial charge in [-0.25, -0.2) is 9.97 Å². The van der Waals surface area contributed by atoms with E-state index in [2.05, 4.69) is 27.5 Å². The first-order valence-electron chi connectivity index (χ1n) is 11.5. The SMILES string of the molecule is CCN(CC1CCC(C(F)(F)F)CC1)c1ncnc(NC[C@@]2(C)CCNC[C@@H]2OC)c1F. The van der Waals surface area contributed by atoms with Crippen LogP contribution in [0.3, 0.4) is 0 Å². The van der Waals surface area contributed by atoms with Crippen LogP contribution in [0.15, 0.2) is 6.33 Å². The number of alkyl halides is 3. The van der Waals surface area contributed by atoms with Crippen LogP contribution in [-0.4, -0.2) is 62.1 Å². The standard InChI is InChI=1S/C22H35F4N5O/c1-4-31(12-15-5-7-16(8-6-15)22(24,25)26)20-18(23)19(29-14-30-20)28-13-21(2)9-10-27-11-17(21)32-3/h14-17,27H,4-13H2,1-3H3,(H,28,29,30)/t15?,16?,17-,21+/m0/s1. The van der Waals surface area contributed by atoms with E-state index in [1.807, 2.05) is 11.8 Å². The van der Waals surface area contributed by atoms with Gasteiger partial charge in [0.15, 0.2) is 11.6 Å². The van der Waals surface area contributed by atoms with Gasteiger partial charge in [0.25, 0.3) is 0 Å². The average Bonchev–Trinajstić information content (AvgIpc) is 2.77. The van der Waals surface area contributed by atoms with Crippen molar-refractivity contribution in [2.75, 3.05) is 50.1 Å². The summed E-state index contributed by atoms with van der Waals surface area (Å²) in [4.78, 5) is 10.1. The molecule has 1 aromatic heterocycles. The molecule has 0 aromatic carbocycles. The van der Waals surface area contributed by atoms with Crippen LogP contribution in [0.4, 0.5) is 29.2 Å². The molecule has 182 valence electrons. The minimum Gasteiger partial charge on any atom is -0.379 e. The van der Waals surface area contributed by atoms with Crippen molar-refractivity contribution in [3.63, 3.8) is 0 Å².